The number of amides is 1. The van der Waals surface area contributed by atoms with E-state index >= 15 is 0 Å². The number of unbranched alkanes of at least 4 members (excludes halogenated alkanes) is 29. The highest BCUT2D eigenvalue weighted by molar-refractivity contribution is 7.45. The molecular weight excluding hydrogens is 1020 g/mol. The molecule has 81 heavy (non-hydrogen) atoms. The molecule has 0 saturated carbocycles. The number of carbonyl (C=O) groups excluding carboxylic acids is 1. The molecule has 0 spiro atoms. The fourth-order valence-corrected chi connectivity index (χ4v) is 9.95. The number of nitrogens with zero attached hydrogens (tertiary/aromatic N) is 1. The zero-order valence-electron chi connectivity index (χ0n) is 53.2. The third kappa shape index (κ3) is 64.3. The second-order valence-corrected chi connectivity index (χ2v) is 24.8. The van der Waals surface area contributed by atoms with Crippen LogP contribution in [-0.4, -0.2) is 68.5 Å². The summed E-state index contributed by atoms with van der Waals surface area (Å²) < 4.78 is 23.4. The number of rotatable bonds is 60. The van der Waals surface area contributed by atoms with Crippen molar-refractivity contribution in [2.24, 2.45) is 0 Å². The zero-order chi connectivity index (χ0) is 59.1. The number of phosphoric acid groups is 1. The quantitative estimate of drug-likeness (QED) is 0.0272. The van der Waals surface area contributed by atoms with E-state index in [1.54, 1.807) is 6.08 Å². The summed E-state index contributed by atoms with van der Waals surface area (Å²) in [4.78, 5) is 25.6. The van der Waals surface area contributed by atoms with Crippen LogP contribution in [0.15, 0.2) is 122 Å². The lowest BCUT2D eigenvalue weighted by atomic mass is 10.0. The molecule has 0 aromatic carbocycles. The summed E-state index contributed by atoms with van der Waals surface area (Å²) in [7, 11) is 1.21. The van der Waals surface area contributed by atoms with Gasteiger partial charge in [-0.25, -0.2) is 0 Å². The summed E-state index contributed by atoms with van der Waals surface area (Å²) in [6.07, 6.45) is 91.7. The van der Waals surface area contributed by atoms with Crippen LogP contribution in [0.5, 0.6) is 0 Å². The molecule has 0 aliphatic heterocycles. The number of carbonyl (C=O) groups is 1. The molecule has 8 nitrogen and oxygen atoms in total. The largest absolute Gasteiger partial charge is 0.756 e. The third-order valence-electron chi connectivity index (χ3n) is 14.4. The van der Waals surface area contributed by atoms with E-state index < -0.39 is 26.6 Å². The van der Waals surface area contributed by atoms with Gasteiger partial charge in [0.25, 0.3) is 7.82 Å². The maximum absolute atomic E-state index is 13.0. The van der Waals surface area contributed by atoms with Crippen molar-refractivity contribution in [3.8, 4) is 0 Å². The van der Waals surface area contributed by atoms with Crippen molar-refractivity contribution in [1.29, 1.82) is 0 Å². The van der Waals surface area contributed by atoms with Crippen molar-refractivity contribution in [2.45, 2.75) is 289 Å². The fraction of sp³-hybridized carbons (Fsp3) is 0.708. The van der Waals surface area contributed by atoms with E-state index in [4.69, 9.17) is 9.05 Å². The van der Waals surface area contributed by atoms with Crippen LogP contribution < -0.4 is 10.2 Å². The molecule has 0 radical (unpaired) electrons. The predicted octanol–water partition coefficient (Wildman–Crippen LogP) is 20.6. The summed E-state index contributed by atoms with van der Waals surface area (Å²) in [6, 6.07) is -0.932. The number of aliphatic hydroxyl groups is 1. The summed E-state index contributed by atoms with van der Waals surface area (Å²) in [5.74, 6) is -0.233. The SMILES string of the molecule is CC/C=C\C/C=C\C/C=C\C/C=C\C/C=C\C/C=C\C/C=C\CCCCCCCC(=O)NC(COP(=O)([O-])OCC[N+](C)(C)C)C(O)/C=C/CC/C=C/CC/C=C/CCCCCCCCCCCCCCCCCCCCCCCC. The van der Waals surface area contributed by atoms with Crippen LogP contribution in [0, 0.1) is 0 Å². The van der Waals surface area contributed by atoms with E-state index in [-0.39, 0.29) is 12.5 Å². The number of hydrogen-bond donors (Lipinski definition) is 2. The number of nitrogens with one attached hydrogen (secondary N) is 1. The number of hydrogen-bond acceptors (Lipinski definition) is 6. The zero-order valence-corrected chi connectivity index (χ0v) is 54.1. The Labute approximate surface area is 501 Å². The molecule has 0 rings (SSSR count). The molecule has 3 unspecified atom stereocenters. The Morgan fingerprint density at radius 2 is 0.765 bits per heavy atom. The monoisotopic (exact) mass is 1150 g/mol. The number of likely N-dealkylation sites (N-methyl/N-ethyl adjacent to an activating group) is 1. The van der Waals surface area contributed by atoms with Gasteiger partial charge in [0.05, 0.1) is 39.9 Å². The van der Waals surface area contributed by atoms with Crippen LogP contribution >= 0.6 is 7.82 Å². The van der Waals surface area contributed by atoms with E-state index in [9.17, 15) is 19.4 Å². The second kappa shape index (κ2) is 61.5. The van der Waals surface area contributed by atoms with Gasteiger partial charge < -0.3 is 28.8 Å². The number of aliphatic hydroxyl groups excluding tert-OH is 1. The number of allylic oxidation sites excluding steroid dienone is 19. The minimum absolute atomic E-state index is 0.0200. The lowest BCUT2D eigenvalue weighted by molar-refractivity contribution is -0.870. The summed E-state index contributed by atoms with van der Waals surface area (Å²) in [6.45, 7) is 4.50. The molecule has 0 aliphatic rings. The van der Waals surface area contributed by atoms with Gasteiger partial charge in [-0.3, -0.25) is 9.36 Å². The van der Waals surface area contributed by atoms with Crippen LogP contribution in [0.1, 0.15) is 277 Å². The summed E-state index contributed by atoms with van der Waals surface area (Å²) in [5, 5.41) is 13.9. The van der Waals surface area contributed by atoms with Crippen molar-refractivity contribution in [3.05, 3.63) is 122 Å². The van der Waals surface area contributed by atoms with Crippen molar-refractivity contribution < 1.29 is 32.9 Å². The molecule has 3 atom stereocenters. The van der Waals surface area contributed by atoms with Crippen molar-refractivity contribution >= 4 is 13.7 Å². The van der Waals surface area contributed by atoms with E-state index in [0.29, 0.717) is 17.4 Å². The Kier molecular flexibility index (Phi) is 59.1. The normalized spacial score (nSPS) is 14.5. The Morgan fingerprint density at radius 3 is 1.15 bits per heavy atom. The van der Waals surface area contributed by atoms with E-state index in [1.165, 1.54) is 148 Å². The van der Waals surface area contributed by atoms with Gasteiger partial charge in [-0.15, -0.1) is 0 Å². The first-order chi connectivity index (χ1) is 39.5. The molecule has 2 N–H and O–H groups in total. The van der Waals surface area contributed by atoms with Crippen LogP contribution in [0.4, 0.5) is 0 Å². The first-order valence-corrected chi connectivity index (χ1v) is 34.9. The lowest BCUT2D eigenvalue weighted by Crippen LogP contribution is -2.45. The number of phosphoric ester groups is 1. The lowest BCUT2D eigenvalue weighted by Gasteiger charge is -2.29. The Morgan fingerprint density at radius 1 is 0.444 bits per heavy atom. The molecule has 0 aromatic rings. The second-order valence-electron chi connectivity index (χ2n) is 23.4. The highest BCUT2D eigenvalue weighted by Crippen LogP contribution is 2.38. The Balaban J connectivity index is 4.25. The molecule has 0 aromatic heterocycles. The highest BCUT2D eigenvalue weighted by atomic mass is 31.2. The van der Waals surface area contributed by atoms with Gasteiger partial charge in [-0.05, 0) is 103 Å². The molecule has 466 valence electrons. The van der Waals surface area contributed by atoms with E-state index in [0.717, 1.165) is 109 Å². The smallest absolute Gasteiger partial charge is 0.268 e. The molecule has 9 heteroatoms. The highest BCUT2D eigenvalue weighted by Gasteiger charge is 2.23. The predicted molar refractivity (Wildman–Crippen MR) is 352 cm³/mol. The standard InChI is InChI=1S/C72H127N2O6P/c1-6-8-10-12-14-16-18-20-22-24-26-28-30-32-34-35-36-37-38-40-41-43-45-47-49-51-53-55-57-59-61-63-65-71(75)70(69-80-81(77,78)79-68-67-74(3,4)5)73-72(76)66-64-62-60-58-56-54-52-50-48-46-44-42-39-33-31-29-27-25-23-21-19-17-15-13-11-9-7-2/h9,11,15,17,21,23,27,29,33,39,44,46-47,49-50,52,55,57,63,65,70-71,75H,6-8,10,12-14,16,18-20,22,24-26,28,30-32,34-38,40-43,45,48,51,53-54,56,58-62,64,66-69H2,1-5H3,(H-,73,76,77,78)/b11-9-,17-15-,23-21-,29-27-,39-33-,46-44-,49-47+,52-50-,57-55+,65-63+. The Bertz CT molecular complexity index is 1730. The van der Waals surface area contributed by atoms with Crippen molar-refractivity contribution in [3.63, 3.8) is 0 Å². The molecule has 1 amide bonds. The van der Waals surface area contributed by atoms with Crippen molar-refractivity contribution in [1.82, 2.24) is 5.32 Å². The van der Waals surface area contributed by atoms with Crippen LogP contribution in [0.25, 0.3) is 0 Å². The van der Waals surface area contributed by atoms with Gasteiger partial charge in [-0.1, -0.05) is 289 Å². The van der Waals surface area contributed by atoms with Gasteiger partial charge in [0.2, 0.25) is 5.91 Å². The molecule has 0 heterocycles. The van der Waals surface area contributed by atoms with Crippen LogP contribution in [0.3, 0.4) is 0 Å². The fourth-order valence-electron chi connectivity index (χ4n) is 9.23. The Hall–Kier alpha value is -3.10. The topological polar surface area (TPSA) is 108 Å². The van der Waals surface area contributed by atoms with E-state index in [2.05, 4.69) is 129 Å². The average molecular weight is 1150 g/mol. The van der Waals surface area contributed by atoms with Gasteiger partial charge >= 0.3 is 0 Å². The molecule has 0 saturated heterocycles. The molecule has 0 aliphatic carbocycles. The van der Waals surface area contributed by atoms with Crippen molar-refractivity contribution in [2.75, 3.05) is 40.9 Å². The minimum atomic E-state index is -4.63. The molecular formula is C72H127N2O6P. The number of quaternary nitrogens is 1. The van der Waals surface area contributed by atoms with Gasteiger partial charge in [-0.2, -0.15) is 0 Å². The third-order valence-corrected chi connectivity index (χ3v) is 15.3. The van der Waals surface area contributed by atoms with Crippen LogP contribution in [-0.2, 0) is 18.4 Å². The first kappa shape index (κ1) is 77.9. The molecule has 0 fully saturated rings. The minimum Gasteiger partial charge on any atom is -0.756 e. The average Bonchev–Trinajstić information content (AvgIpc) is 3.43. The van der Waals surface area contributed by atoms with Gasteiger partial charge in [0.15, 0.2) is 0 Å². The summed E-state index contributed by atoms with van der Waals surface area (Å²) in [5.41, 5.74) is 0. The van der Waals surface area contributed by atoms with Gasteiger partial charge in [0.1, 0.15) is 13.2 Å². The molecule has 0 bridgehead atoms. The maximum atomic E-state index is 13.0. The maximum Gasteiger partial charge on any atom is 0.268 e. The van der Waals surface area contributed by atoms with Gasteiger partial charge in [0, 0.05) is 6.42 Å². The van der Waals surface area contributed by atoms with E-state index in [1.807, 2.05) is 27.2 Å². The van der Waals surface area contributed by atoms with Crippen LogP contribution in [0.2, 0.25) is 0 Å². The first-order valence-electron chi connectivity index (χ1n) is 33.4. The summed E-state index contributed by atoms with van der Waals surface area (Å²) >= 11 is 0.